The summed E-state index contributed by atoms with van der Waals surface area (Å²) in [6.45, 7) is 2.09. The lowest BCUT2D eigenvalue weighted by Gasteiger charge is -2.30. The summed E-state index contributed by atoms with van der Waals surface area (Å²) >= 11 is 6.13. The van der Waals surface area contributed by atoms with Gasteiger partial charge in [-0.1, -0.05) is 41.9 Å². The molecule has 1 fully saturated rings. The van der Waals surface area contributed by atoms with Gasteiger partial charge in [-0.2, -0.15) is 0 Å². The van der Waals surface area contributed by atoms with Crippen LogP contribution in [-0.2, 0) is 4.74 Å². The third kappa shape index (κ3) is 5.02. The summed E-state index contributed by atoms with van der Waals surface area (Å²) in [4.78, 5) is 39.1. The maximum Gasteiger partial charge on any atom is 0.270 e. The van der Waals surface area contributed by atoms with Crippen LogP contribution in [0.4, 0.5) is 17.1 Å². The Morgan fingerprint density at radius 3 is 2.39 bits per heavy atom. The van der Waals surface area contributed by atoms with E-state index in [0.717, 1.165) is 0 Å². The van der Waals surface area contributed by atoms with E-state index < -0.39 is 10.8 Å². The predicted octanol–water partition coefficient (Wildman–Crippen LogP) is 4.57. The quantitative estimate of drug-likeness (QED) is 0.325. The summed E-state index contributed by atoms with van der Waals surface area (Å²) in [5, 5.41) is 14.4. The second-order valence-electron chi connectivity index (χ2n) is 7.40. The number of hydrogen-bond donors (Lipinski definition) is 1. The first-order valence-corrected chi connectivity index (χ1v) is 10.6. The number of non-ortho nitro benzene ring substituents is 1. The van der Waals surface area contributed by atoms with Gasteiger partial charge in [0.05, 0.1) is 35.1 Å². The van der Waals surface area contributed by atoms with Gasteiger partial charge >= 0.3 is 0 Å². The van der Waals surface area contributed by atoms with Gasteiger partial charge in [-0.05, 0) is 24.3 Å². The Kier molecular flexibility index (Phi) is 6.67. The molecular weight excluding hydrogens is 446 g/mol. The highest BCUT2D eigenvalue weighted by molar-refractivity contribution is 6.31. The second kappa shape index (κ2) is 9.81. The van der Waals surface area contributed by atoms with Crippen molar-refractivity contribution in [3.8, 4) is 0 Å². The molecule has 3 aromatic carbocycles. The molecule has 0 atom stereocenters. The normalized spacial score (nSPS) is 13.4. The predicted molar refractivity (Wildman–Crippen MR) is 125 cm³/mol. The zero-order valence-corrected chi connectivity index (χ0v) is 18.2. The topological polar surface area (TPSA) is 102 Å². The lowest BCUT2D eigenvalue weighted by molar-refractivity contribution is -0.384. The van der Waals surface area contributed by atoms with Crippen LogP contribution in [-0.4, -0.2) is 42.9 Å². The van der Waals surface area contributed by atoms with Crippen LogP contribution in [0.3, 0.4) is 0 Å². The van der Waals surface area contributed by atoms with E-state index in [0.29, 0.717) is 42.6 Å². The van der Waals surface area contributed by atoms with Gasteiger partial charge in [0.25, 0.3) is 11.6 Å². The van der Waals surface area contributed by atoms with Gasteiger partial charge in [0.15, 0.2) is 5.78 Å². The number of rotatable bonds is 6. The summed E-state index contributed by atoms with van der Waals surface area (Å²) in [5.41, 5.74) is 1.43. The largest absolute Gasteiger partial charge is 0.378 e. The van der Waals surface area contributed by atoms with Gasteiger partial charge in [-0.25, -0.2) is 0 Å². The van der Waals surface area contributed by atoms with Crippen molar-refractivity contribution >= 4 is 40.4 Å². The summed E-state index contributed by atoms with van der Waals surface area (Å²) in [5.74, 6) is -0.870. The van der Waals surface area contributed by atoms with Crippen LogP contribution in [0.1, 0.15) is 26.3 Å². The molecule has 0 saturated carbocycles. The lowest BCUT2D eigenvalue weighted by atomic mass is 10.0. The number of amides is 1. The minimum absolute atomic E-state index is 0.138. The van der Waals surface area contributed by atoms with Crippen molar-refractivity contribution in [2.45, 2.75) is 0 Å². The number of anilines is 2. The molecule has 1 aliphatic rings. The fraction of sp³-hybridized carbons (Fsp3) is 0.167. The molecule has 33 heavy (non-hydrogen) atoms. The van der Waals surface area contributed by atoms with Crippen LogP contribution < -0.4 is 10.2 Å². The summed E-state index contributed by atoms with van der Waals surface area (Å²) in [6.07, 6.45) is 0. The van der Waals surface area contributed by atoms with Crippen LogP contribution in [0, 0.1) is 10.1 Å². The zero-order chi connectivity index (χ0) is 23.4. The van der Waals surface area contributed by atoms with E-state index >= 15 is 0 Å². The van der Waals surface area contributed by atoms with Crippen LogP contribution in [0.2, 0.25) is 5.02 Å². The minimum atomic E-state index is -0.565. The summed E-state index contributed by atoms with van der Waals surface area (Å²) in [7, 11) is 0. The van der Waals surface area contributed by atoms with Crippen molar-refractivity contribution in [3.05, 3.63) is 98.6 Å². The first-order valence-electron chi connectivity index (χ1n) is 10.3. The van der Waals surface area contributed by atoms with E-state index in [-0.39, 0.29) is 28.3 Å². The van der Waals surface area contributed by atoms with Crippen LogP contribution >= 0.6 is 11.6 Å². The number of halogens is 1. The van der Waals surface area contributed by atoms with Crippen molar-refractivity contribution in [2.24, 2.45) is 0 Å². The van der Waals surface area contributed by atoms with Gasteiger partial charge in [0.2, 0.25) is 0 Å². The average Bonchev–Trinajstić information content (AvgIpc) is 2.85. The van der Waals surface area contributed by atoms with Crippen LogP contribution in [0.5, 0.6) is 0 Å². The molecule has 8 nitrogen and oxygen atoms in total. The number of nitro groups is 1. The number of nitrogens with zero attached hydrogens (tertiary/aromatic N) is 2. The summed E-state index contributed by atoms with van der Waals surface area (Å²) < 4.78 is 5.37. The highest BCUT2D eigenvalue weighted by Gasteiger charge is 2.24. The fourth-order valence-electron chi connectivity index (χ4n) is 3.65. The standard InChI is InChI=1S/C24H20ClN3O5/c25-17-6-8-21(19(14-17)23(29)16-4-2-1-3-5-16)26-24(30)20-15-18(28(31)32)7-9-22(20)27-10-12-33-13-11-27/h1-9,14-15H,10-13H2,(H,26,30). The van der Waals surface area contributed by atoms with E-state index in [4.69, 9.17) is 16.3 Å². The first-order chi connectivity index (χ1) is 15.9. The Bertz CT molecular complexity index is 1210. The Morgan fingerprint density at radius 2 is 1.70 bits per heavy atom. The molecule has 9 heteroatoms. The van der Waals surface area contributed by atoms with Crippen molar-refractivity contribution in [1.82, 2.24) is 0 Å². The molecule has 3 aromatic rings. The highest BCUT2D eigenvalue weighted by atomic mass is 35.5. The van der Waals surface area contributed by atoms with E-state index in [9.17, 15) is 19.7 Å². The first kappa shape index (κ1) is 22.4. The van der Waals surface area contributed by atoms with E-state index in [2.05, 4.69) is 5.32 Å². The van der Waals surface area contributed by atoms with E-state index in [1.807, 2.05) is 4.90 Å². The van der Waals surface area contributed by atoms with Gasteiger partial charge in [0, 0.05) is 41.4 Å². The molecule has 1 N–H and O–H groups in total. The smallest absolute Gasteiger partial charge is 0.270 e. The number of hydrogen-bond acceptors (Lipinski definition) is 6. The number of nitrogens with one attached hydrogen (secondary N) is 1. The third-order valence-corrected chi connectivity index (χ3v) is 5.53. The number of ketones is 1. The molecule has 0 unspecified atom stereocenters. The maximum absolute atomic E-state index is 13.3. The zero-order valence-electron chi connectivity index (χ0n) is 17.5. The molecule has 168 valence electrons. The highest BCUT2D eigenvalue weighted by Crippen LogP contribution is 2.29. The molecule has 0 radical (unpaired) electrons. The molecule has 4 rings (SSSR count). The monoisotopic (exact) mass is 465 g/mol. The van der Waals surface area contributed by atoms with Crippen LogP contribution in [0.25, 0.3) is 0 Å². The maximum atomic E-state index is 13.3. The van der Waals surface area contributed by atoms with Crippen molar-refractivity contribution in [1.29, 1.82) is 0 Å². The third-order valence-electron chi connectivity index (χ3n) is 5.30. The Hall–Kier alpha value is -3.75. The number of morpholine rings is 1. The molecular formula is C24H20ClN3O5. The average molecular weight is 466 g/mol. The molecule has 0 bridgehead atoms. The van der Waals surface area contributed by atoms with Crippen molar-refractivity contribution in [2.75, 3.05) is 36.5 Å². The molecule has 1 heterocycles. The number of benzene rings is 3. The fourth-order valence-corrected chi connectivity index (χ4v) is 3.82. The van der Waals surface area contributed by atoms with Gasteiger partial charge in [0.1, 0.15) is 0 Å². The van der Waals surface area contributed by atoms with E-state index in [1.54, 1.807) is 48.5 Å². The Labute approximate surface area is 194 Å². The number of carbonyl (C=O) groups excluding carboxylic acids is 2. The molecule has 0 aliphatic carbocycles. The van der Waals surface area contributed by atoms with Gasteiger partial charge in [-0.3, -0.25) is 19.7 Å². The van der Waals surface area contributed by atoms with Crippen LogP contribution in [0.15, 0.2) is 66.7 Å². The summed E-state index contributed by atoms with van der Waals surface area (Å²) in [6, 6.07) is 17.4. The Morgan fingerprint density at radius 1 is 0.970 bits per heavy atom. The Balaban J connectivity index is 1.71. The lowest BCUT2D eigenvalue weighted by Crippen LogP contribution is -2.37. The van der Waals surface area contributed by atoms with Crippen molar-refractivity contribution in [3.63, 3.8) is 0 Å². The number of ether oxygens (including phenoxy) is 1. The number of nitro benzene ring substituents is 1. The molecule has 0 spiro atoms. The molecule has 1 aliphatic heterocycles. The second-order valence-corrected chi connectivity index (χ2v) is 7.83. The van der Waals surface area contributed by atoms with Gasteiger partial charge < -0.3 is 15.0 Å². The molecule has 1 amide bonds. The van der Waals surface area contributed by atoms with Gasteiger partial charge in [-0.15, -0.1) is 0 Å². The molecule has 1 saturated heterocycles. The SMILES string of the molecule is O=C(c1ccccc1)c1cc(Cl)ccc1NC(=O)c1cc([N+](=O)[O-])ccc1N1CCOCC1. The van der Waals surface area contributed by atoms with E-state index in [1.165, 1.54) is 18.2 Å². The van der Waals surface area contributed by atoms with Crippen molar-refractivity contribution < 1.29 is 19.2 Å². The minimum Gasteiger partial charge on any atom is -0.378 e. The molecule has 0 aromatic heterocycles. The number of carbonyl (C=O) groups is 2.